The molecule has 1 aliphatic rings. The van der Waals surface area contributed by atoms with Crippen LogP contribution >= 0.6 is 11.3 Å². The molecule has 0 spiro atoms. The molecule has 192 valence electrons. The minimum atomic E-state index is -4.28. The molecule has 38 heavy (non-hydrogen) atoms. The SMILES string of the molecule is CCOC(=O)C1=c2s/c(=C\c3cccnc3)c(=O)n2C(N)=C(S(=O)(=O)c2ccccc2)[C@H]1c1cccnc1. The molecule has 5 rings (SSSR count). The van der Waals surface area contributed by atoms with Gasteiger partial charge in [0.25, 0.3) is 5.56 Å². The van der Waals surface area contributed by atoms with Crippen LogP contribution in [0, 0.1) is 0 Å². The van der Waals surface area contributed by atoms with Gasteiger partial charge in [0.2, 0.25) is 9.84 Å². The molecule has 4 heterocycles. The van der Waals surface area contributed by atoms with E-state index in [0.29, 0.717) is 11.1 Å². The number of hydrogen-bond acceptors (Lipinski definition) is 9. The summed E-state index contributed by atoms with van der Waals surface area (Å²) < 4.78 is 35.1. The maximum atomic E-state index is 14.1. The topological polar surface area (TPSA) is 134 Å². The molecular weight excluding hydrogens is 524 g/mol. The number of nitrogens with two attached hydrogens (primary N) is 1. The number of benzene rings is 1. The monoisotopic (exact) mass is 546 g/mol. The Labute approximate surface area is 221 Å². The summed E-state index contributed by atoms with van der Waals surface area (Å²) in [7, 11) is -4.28. The number of rotatable bonds is 6. The zero-order chi connectivity index (χ0) is 26.9. The van der Waals surface area contributed by atoms with Crippen LogP contribution in [0.5, 0.6) is 0 Å². The van der Waals surface area contributed by atoms with Gasteiger partial charge < -0.3 is 10.5 Å². The van der Waals surface area contributed by atoms with Crippen LogP contribution in [0.3, 0.4) is 0 Å². The van der Waals surface area contributed by atoms with Crippen LogP contribution in [0.4, 0.5) is 0 Å². The number of carbonyl (C=O) groups is 1. The molecule has 0 radical (unpaired) electrons. The highest BCUT2D eigenvalue weighted by molar-refractivity contribution is 7.95. The van der Waals surface area contributed by atoms with Crippen molar-refractivity contribution >= 4 is 44.6 Å². The molecule has 0 amide bonds. The number of ether oxygens (including phenoxy) is 1. The molecule has 0 saturated heterocycles. The summed E-state index contributed by atoms with van der Waals surface area (Å²) in [5, 5.41) is 0. The van der Waals surface area contributed by atoms with Crippen molar-refractivity contribution < 1.29 is 17.9 Å². The normalized spacial score (nSPS) is 15.9. The van der Waals surface area contributed by atoms with E-state index in [4.69, 9.17) is 10.5 Å². The van der Waals surface area contributed by atoms with E-state index in [1.165, 1.54) is 24.5 Å². The van der Waals surface area contributed by atoms with E-state index in [1.807, 2.05) is 0 Å². The van der Waals surface area contributed by atoms with E-state index < -0.39 is 27.3 Å². The molecule has 0 saturated carbocycles. The molecule has 0 unspecified atom stereocenters. The summed E-state index contributed by atoms with van der Waals surface area (Å²) >= 11 is 1.03. The highest BCUT2D eigenvalue weighted by atomic mass is 32.2. The Kier molecular flexibility index (Phi) is 6.79. The van der Waals surface area contributed by atoms with Crippen molar-refractivity contribution in [2.24, 2.45) is 5.73 Å². The van der Waals surface area contributed by atoms with Crippen LogP contribution in [0.25, 0.3) is 17.5 Å². The first-order chi connectivity index (χ1) is 18.3. The lowest BCUT2D eigenvalue weighted by atomic mass is 9.90. The Morgan fingerprint density at radius 3 is 2.42 bits per heavy atom. The van der Waals surface area contributed by atoms with Gasteiger partial charge in [0.15, 0.2) is 0 Å². The number of fused-ring (bicyclic) bond motifs is 1. The van der Waals surface area contributed by atoms with Crippen LogP contribution in [-0.2, 0) is 19.4 Å². The smallest absolute Gasteiger partial charge is 0.338 e. The van der Waals surface area contributed by atoms with Crippen molar-refractivity contribution in [1.29, 1.82) is 0 Å². The number of pyridine rings is 2. The van der Waals surface area contributed by atoms with Gasteiger partial charge in [0, 0.05) is 24.8 Å². The van der Waals surface area contributed by atoms with E-state index in [9.17, 15) is 18.0 Å². The van der Waals surface area contributed by atoms with E-state index >= 15 is 0 Å². The van der Waals surface area contributed by atoms with Gasteiger partial charge in [-0.05, 0) is 48.4 Å². The minimum absolute atomic E-state index is 0.00325. The molecule has 11 heteroatoms. The summed E-state index contributed by atoms with van der Waals surface area (Å²) in [5.41, 5.74) is 7.06. The number of thiazole rings is 1. The lowest BCUT2D eigenvalue weighted by Gasteiger charge is -2.27. The Hall–Kier alpha value is -4.35. The van der Waals surface area contributed by atoms with Crippen LogP contribution in [0.2, 0.25) is 0 Å². The van der Waals surface area contributed by atoms with E-state index in [0.717, 1.165) is 15.9 Å². The van der Waals surface area contributed by atoms with Crippen LogP contribution < -0.4 is 20.5 Å². The number of carbonyl (C=O) groups excluding carboxylic acids is 1. The van der Waals surface area contributed by atoms with Gasteiger partial charge in [-0.3, -0.25) is 19.3 Å². The van der Waals surface area contributed by atoms with Crippen molar-refractivity contribution in [2.75, 3.05) is 6.61 Å². The second kappa shape index (κ2) is 10.2. The first-order valence-corrected chi connectivity index (χ1v) is 13.9. The first kappa shape index (κ1) is 25.3. The van der Waals surface area contributed by atoms with Gasteiger partial charge in [0.1, 0.15) is 15.4 Å². The maximum Gasteiger partial charge on any atom is 0.338 e. The highest BCUT2D eigenvalue weighted by Gasteiger charge is 2.42. The Bertz CT molecular complexity index is 1830. The molecule has 9 nitrogen and oxygen atoms in total. The molecule has 4 aromatic rings. The third-order valence-electron chi connectivity index (χ3n) is 5.94. The van der Waals surface area contributed by atoms with Gasteiger partial charge in [-0.15, -0.1) is 11.3 Å². The fourth-order valence-electron chi connectivity index (χ4n) is 4.30. The second-order valence-electron chi connectivity index (χ2n) is 8.26. The first-order valence-electron chi connectivity index (χ1n) is 11.6. The number of aromatic nitrogens is 3. The average Bonchev–Trinajstić information content (AvgIpc) is 3.25. The summed E-state index contributed by atoms with van der Waals surface area (Å²) in [6.45, 7) is 1.70. The number of hydrogen-bond donors (Lipinski definition) is 1. The minimum Gasteiger partial charge on any atom is -0.463 e. The lowest BCUT2D eigenvalue weighted by molar-refractivity contribution is -0.136. The van der Waals surface area contributed by atoms with E-state index in [2.05, 4.69) is 9.97 Å². The zero-order valence-corrected chi connectivity index (χ0v) is 21.8. The predicted molar refractivity (Wildman–Crippen MR) is 144 cm³/mol. The van der Waals surface area contributed by atoms with Crippen LogP contribution in [-0.4, -0.2) is 35.5 Å². The average molecular weight is 547 g/mol. The Morgan fingerprint density at radius 2 is 1.79 bits per heavy atom. The summed E-state index contributed by atoms with van der Waals surface area (Å²) in [5.74, 6) is -2.19. The van der Waals surface area contributed by atoms with Crippen LogP contribution in [0.15, 0.2) is 94.0 Å². The second-order valence-corrected chi connectivity index (χ2v) is 11.2. The molecule has 1 atom stereocenters. The fourth-order valence-corrected chi connectivity index (χ4v) is 7.17. The van der Waals surface area contributed by atoms with Crippen molar-refractivity contribution in [1.82, 2.24) is 14.5 Å². The standard InChI is InChI=1S/C27H22N4O5S2/c1-2-36-27(33)22-21(18-9-7-13-30-16-18)23(38(34,35)19-10-4-3-5-11-19)24(28)31-25(32)20(37-26(22)31)14-17-8-6-12-29-15-17/h3-16,21H,2,28H2,1H3/b20-14-/t21-/m0/s1. The van der Waals surface area contributed by atoms with Crippen molar-refractivity contribution in [3.05, 3.63) is 115 Å². The molecule has 1 aromatic carbocycles. The highest BCUT2D eigenvalue weighted by Crippen LogP contribution is 2.41. The Balaban J connectivity index is 1.93. The summed E-state index contributed by atoms with van der Waals surface area (Å²) in [6, 6.07) is 14.5. The van der Waals surface area contributed by atoms with Gasteiger partial charge in [0.05, 0.1) is 27.5 Å². The number of nitrogens with zero attached hydrogens (tertiary/aromatic N) is 3. The van der Waals surface area contributed by atoms with E-state index in [-0.39, 0.29) is 37.0 Å². The van der Waals surface area contributed by atoms with Crippen molar-refractivity contribution in [2.45, 2.75) is 17.7 Å². The van der Waals surface area contributed by atoms with Gasteiger partial charge in [-0.2, -0.15) is 0 Å². The maximum absolute atomic E-state index is 14.1. The quantitative estimate of drug-likeness (QED) is 0.361. The van der Waals surface area contributed by atoms with Crippen LogP contribution in [0.1, 0.15) is 24.0 Å². The summed E-state index contributed by atoms with van der Waals surface area (Å²) in [6.07, 6.45) is 7.82. The lowest BCUT2D eigenvalue weighted by Crippen LogP contribution is -2.41. The van der Waals surface area contributed by atoms with E-state index in [1.54, 1.807) is 67.9 Å². The number of allylic oxidation sites excluding steroid dienone is 1. The van der Waals surface area contributed by atoms with Crippen molar-refractivity contribution in [3.8, 4) is 0 Å². The molecule has 0 fully saturated rings. The van der Waals surface area contributed by atoms with Gasteiger partial charge in [-0.25, -0.2) is 13.2 Å². The number of sulfone groups is 1. The predicted octanol–water partition coefficient (Wildman–Crippen LogP) is 1.60. The molecule has 0 bridgehead atoms. The molecule has 3 aromatic heterocycles. The third kappa shape index (κ3) is 4.35. The van der Waals surface area contributed by atoms with Gasteiger partial charge in [-0.1, -0.05) is 30.3 Å². The molecule has 0 aliphatic carbocycles. The largest absolute Gasteiger partial charge is 0.463 e. The third-order valence-corrected chi connectivity index (χ3v) is 8.96. The fraction of sp³-hybridized carbons (Fsp3) is 0.111. The molecular formula is C27H22N4O5S2. The molecule has 1 aliphatic heterocycles. The Morgan fingerprint density at radius 1 is 1.08 bits per heavy atom. The molecule has 2 N–H and O–H groups in total. The zero-order valence-electron chi connectivity index (χ0n) is 20.1. The summed E-state index contributed by atoms with van der Waals surface area (Å²) in [4.78, 5) is 35.0. The van der Waals surface area contributed by atoms with Gasteiger partial charge >= 0.3 is 5.97 Å². The number of esters is 1. The van der Waals surface area contributed by atoms with Crippen molar-refractivity contribution in [3.63, 3.8) is 0 Å².